The highest BCUT2D eigenvalue weighted by Gasteiger charge is 2.18. The molecule has 1 aromatic carbocycles. The number of ether oxygens (including phenoxy) is 3. The molecule has 5 heteroatoms. The normalized spacial score (nSPS) is 10.8. The van der Waals surface area contributed by atoms with E-state index in [1.54, 1.807) is 25.3 Å². The van der Waals surface area contributed by atoms with E-state index in [-0.39, 0.29) is 11.9 Å². The van der Waals surface area contributed by atoms with E-state index in [1.807, 2.05) is 13.8 Å². The van der Waals surface area contributed by atoms with Crippen LogP contribution in [0.4, 0.5) is 0 Å². The maximum atomic E-state index is 11.9. The van der Waals surface area contributed by atoms with Crippen molar-refractivity contribution in [2.45, 2.75) is 20.0 Å². The predicted molar refractivity (Wildman–Crippen MR) is 71.4 cm³/mol. The summed E-state index contributed by atoms with van der Waals surface area (Å²) in [4.78, 5) is 11.9. The van der Waals surface area contributed by atoms with Gasteiger partial charge in [0.05, 0.1) is 25.7 Å². The largest absolute Gasteiger partial charge is 0.497 e. The number of fused-ring (bicyclic) bond motifs is 1. The lowest BCUT2D eigenvalue weighted by atomic mass is 10.2. The molecule has 0 unspecified atom stereocenters. The number of methoxy groups -OCH3 is 2. The van der Waals surface area contributed by atoms with Gasteiger partial charge in [0.1, 0.15) is 11.3 Å². The molecule has 1 heterocycles. The molecule has 5 nitrogen and oxygen atoms in total. The molecule has 0 fully saturated rings. The van der Waals surface area contributed by atoms with Crippen molar-refractivity contribution in [1.29, 1.82) is 0 Å². The number of hydrogen-bond acceptors (Lipinski definition) is 5. The Kier molecular flexibility index (Phi) is 3.64. The first kappa shape index (κ1) is 13.3. The molecule has 0 radical (unpaired) electrons. The summed E-state index contributed by atoms with van der Waals surface area (Å²) in [6.45, 7) is 3.66. The molecule has 0 amide bonds. The molecular weight excluding hydrogens is 248 g/mol. The van der Waals surface area contributed by atoms with E-state index in [9.17, 15) is 4.79 Å². The van der Waals surface area contributed by atoms with Gasteiger partial charge in [-0.15, -0.1) is 0 Å². The first-order chi connectivity index (χ1) is 9.06. The van der Waals surface area contributed by atoms with Crippen LogP contribution in [-0.4, -0.2) is 20.3 Å². The molecule has 2 aromatic rings. The summed E-state index contributed by atoms with van der Waals surface area (Å²) in [5.74, 6) is 1.08. The molecule has 0 saturated carbocycles. The van der Waals surface area contributed by atoms with Crippen LogP contribution in [0.2, 0.25) is 0 Å². The molecule has 0 bridgehead atoms. The van der Waals surface area contributed by atoms with Gasteiger partial charge < -0.3 is 18.6 Å². The average molecular weight is 264 g/mol. The van der Waals surface area contributed by atoms with Gasteiger partial charge in [0.2, 0.25) is 5.75 Å². The lowest BCUT2D eigenvalue weighted by Gasteiger charge is -2.13. The van der Waals surface area contributed by atoms with Crippen LogP contribution in [0.3, 0.4) is 0 Å². The van der Waals surface area contributed by atoms with E-state index in [4.69, 9.17) is 18.6 Å². The smallest absolute Gasteiger partial charge is 0.383 e. The van der Waals surface area contributed by atoms with Crippen LogP contribution in [0, 0.1) is 0 Å². The molecule has 0 aliphatic heterocycles. The zero-order valence-corrected chi connectivity index (χ0v) is 11.4. The van der Waals surface area contributed by atoms with E-state index in [0.717, 1.165) is 0 Å². The molecule has 102 valence electrons. The van der Waals surface area contributed by atoms with Gasteiger partial charge in [-0.2, -0.15) is 0 Å². The summed E-state index contributed by atoms with van der Waals surface area (Å²) in [5, 5.41) is 0.665. The molecule has 0 aliphatic carbocycles. The zero-order chi connectivity index (χ0) is 14.0. The Balaban J connectivity index is 2.71. The van der Waals surface area contributed by atoms with Gasteiger partial charge in [0, 0.05) is 6.07 Å². The second kappa shape index (κ2) is 5.22. The van der Waals surface area contributed by atoms with E-state index in [2.05, 4.69) is 0 Å². The van der Waals surface area contributed by atoms with E-state index in [1.165, 1.54) is 7.11 Å². The molecule has 0 spiro atoms. The predicted octanol–water partition coefficient (Wildman–Crippen LogP) is 2.60. The monoisotopic (exact) mass is 264 g/mol. The van der Waals surface area contributed by atoms with Crippen LogP contribution in [-0.2, 0) is 0 Å². The van der Waals surface area contributed by atoms with Crippen molar-refractivity contribution in [1.82, 2.24) is 0 Å². The lowest BCUT2D eigenvalue weighted by molar-refractivity contribution is 0.220. The Morgan fingerprint density at radius 1 is 1.11 bits per heavy atom. The molecule has 0 N–H and O–H groups in total. The topological polar surface area (TPSA) is 57.9 Å². The van der Waals surface area contributed by atoms with Crippen molar-refractivity contribution in [3.63, 3.8) is 0 Å². The van der Waals surface area contributed by atoms with Gasteiger partial charge in [0.25, 0.3) is 0 Å². The van der Waals surface area contributed by atoms with Crippen LogP contribution in [0.5, 0.6) is 17.2 Å². The fourth-order valence-corrected chi connectivity index (χ4v) is 1.80. The van der Waals surface area contributed by atoms with Crippen LogP contribution in [0.15, 0.2) is 27.4 Å². The third kappa shape index (κ3) is 2.50. The van der Waals surface area contributed by atoms with Crippen molar-refractivity contribution in [2.24, 2.45) is 0 Å². The minimum Gasteiger partial charge on any atom is -0.497 e. The van der Waals surface area contributed by atoms with Crippen LogP contribution < -0.4 is 19.8 Å². The second-order valence-electron chi connectivity index (χ2n) is 4.28. The highest BCUT2D eigenvalue weighted by molar-refractivity contribution is 5.86. The van der Waals surface area contributed by atoms with Crippen molar-refractivity contribution < 1.29 is 18.6 Å². The SMILES string of the molecule is COc1ccc2c(OC)c(OC(C)C)c(=O)oc2c1. The van der Waals surface area contributed by atoms with Gasteiger partial charge in [-0.1, -0.05) is 0 Å². The van der Waals surface area contributed by atoms with Crippen LogP contribution in [0.25, 0.3) is 11.0 Å². The minimum atomic E-state index is -0.564. The summed E-state index contributed by atoms with van der Waals surface area (Å²) in [7, 11) is 3.04. The molecule has 0 aliphatic rings. The first-order valence-corrected chi connectivity index (χ1v) is 5.92. The standard InChI is InChI=1S/C14H16O5/c1-8(2)18-13-12(17-4)10-6-5-9(16-3)7-11(10)19-14(13)15/h5-8H,1-4H3. The summed E-state index contributed by atoms with van der Waals surface area (Å²) in [5.41, 5.74) is -0.163. The number of rotatable bonds is 4. The fourth-order valence-electron chi connectivity index (χ4n) is 1.80. The quantitative estimate of drug-likeness (QED) is 0.794. The van der Waals surface area contributed by atoms with Gasteiger partial charge in [-0.05, 0) is 26.0 Å². The first-order valence-electron chi connectivity index (χ1n) is 5.92. The van der Waals surface area contributed by atoms with Gasteiger partial charge in [0.15, 0.2) is 5.75 Å². The molecule has 0 saturated heterocycles. The average Bonchev–Trinajstić information content (AvgIpc) is 2.38. The Morgan fingerprint density at radius 2 is 1.84 bits per heavy atom. The third-order valence-electron chi connectivity index (χ3n) is 2.59. The highest BCUT2D eigenvalue weighted by Crippen LogP contribution is 2.34. The van der Waals surface area contributed by atoms with E-state index < -0.39 is 5.63 Å². The summed E-state index contributed by atoms with van der Waals surface area (Å²) < 4.78 is 21.1. The zero-order valence-electron chi connectivity index (χ0n) is 11.4. The Hall–Kier alpha value is -2.17. The fraction of sp³-hybridized carbons (Fsp3) is 0.357. The molecule has 0 atom stereocenters. The van der Waals surface area contributed by atoms with E-state index >= 15 is 0 Å². The second-order valence-corrected chi connectivity index (χ2v) is 4.28. The Morgan fingerprint density at radius 3 is 2.42 bits per heavy atom. The van der Waals surface area contributed by atoms with Crippen molar-refractivity contribution in [3.8, 4) is 17.2 Å². The Labute approximate surface area is 110 Å². The molecule has 19 heavy (non-hydrogen) atoms. The summed E-state index contributed by atoms with van der Waals surface area (Å²) in [6, 6.07) is 5.17. The summed E-state index contributed by atoms with van der Waals surface area (Å²) in [6.07, 6.45) is -0.146. The lowest BCUT2D eigenvalue weighted by Crippen LogP contribution is -2.14. The molecular formula is C14H16O5. The van der Waals surface area contributed by atoms with Gasteiger partial charge in [-0.3, -0.25) is 0 Å². The number of hydrogen-bond donors (Lipinski definition) is 0. The maximum absolute atomic E-state index is 11.9. The van der Waals surface area contributed by atoms with Gasteiger partial charge >= 0.3 is 5.63 Å². The minimum absolute atomic E-state index is 0.0927. The van der Waals surface area contributed by atoms with Gasteiger partial charge in [-0.25, -0.2) is 4.79 Å². The third-order valence-corrected chi connectivity index (χ3v) is 2.59. The molecule has 2 rings (SSSR count). The van der Waals surface area contributed by atoms with Crippen LogP contribution >= 0.6 is 0 Å². The maximum Gasteiger partial charge on any atom is 0.383 e. The Bertz CT molecular complexity index is 642. The van der Waals surface area contributed by atoms with Crippen molar-refractivity contribution >= 4 is 11.0 Å². The number of benzene rings is 1. The summed E-state index contributed by atoms with van der Waals surface area (Å²) >= 11 is 0. The van der Waals surface area contributed by atoms with Crippen molar-refractivity contribution in [2.75, 3.05) is 14.2 Å². The molecule has 1 aromatic heterocycles. The van der Waals surface area contributed by atoms with E-state index in [0.29, 0.717) is 22.5 Å². The van der Waals surface area contributed by atoms with Crippen molar-refractivity contribution in [3.05, 3.63) is 28.6 Å². The van der Waals surface area contributed by atoms with Crippen LogP contribution in [0.1, 0.15) is 13.8 Å². The highest BCUT2D eigenvalue weighted by atomic mass is 16.5.